The van der Waals surface area contributed by atoms with E-state index in [9.17, 15) is 0 Å². The van der Waals surface area contributed by atoms with E-state index in [2.05, 4.69) is 81.5 Å². The summed E-state index contributed by atoms with van der Waals surface area (Å²) < 4.78 is 0. The molecule has 0 bridgehead atoms. The Bertz CT molecular complexity index is 560. The lowest BCUT2D eigenvalue weighted by atomic mass is 10.0. The Morgan fingerprint density at radius 1 is 0.900 bits per heavy atom. The molecule has 2 heteroatoms. The Morgan fingerprint density at radius 2 is 1.45 bits per heavy atom. The standard InChI is InChI=1S/C18H24N2/c1-13-10-14(2)18(15(3)11-13)19-12-16-6-8-17(9-7-16)20(4)5/h6-11,19H,12H2,1-5H3. The first kappa shape index (κ1) is 14.4. The van der Waals surface area contributed by atoms with Gasteiger partial charge in [0.25, 0.3) is 0 Å². The van der Waals surface area contributed by atoms with Crippen molar-refractivity contribution in [3.63, 3.8) is 0 Å². The Balaban J connectivity index is 2.09. The number of nitrogens with one attached hydrogen (secondary N) is 1. The van der Waals surface area contributed by atoms with E-state index in [-0.39, 0.29) is 0 Å². The van der Waals surface area contributed by atoms with Gasteiger partial charge in [0.1, 0.15) is 0 Å². The van der Waals surface area contributed by atoms with Gasteiger partial charge in [0.15, 0.2) is 0 Å². The van der Waals surface area contributed by atoms with Crippen molar-refractivity contribution in [2.75, 3.05) is 24.3 Å². The number of rotatable bonds is 4. The van der Waals surface area contributed by atoms with E-state index in [1.165, 1.54) is 33.6 Å². The molecule has 0 aromatic heterocycles. The van der Waals surface area contributed by atoms with Crippen molar-refractivity contribution in [1.82, 2.24) is 0 Å². The summed E-state index contributed by atoms with van der Waals surface area (Å²) in [5.41, 5.74) is 7.74. The highest BCUT2D eigenvalue weighted by molar-refractivity contribution is 5.58. The van der Waals surface area contributed by atoms with Crippen LogP contribution in [0.15, 0.2) is 36.4 Å². The van der Waals surface area contributed by atoms with E-state index in [0.29, 0.717) is 0 Å². The molecule has 0 aliphatic carbocycles. The molecule has 0 unspecified atom stereocenters. The molecule has 0 aliphatic rings. The van der Waals surface area contributed by atoms with Gasteiger partial charge in [-0.15, -0.1) is 0 Å². The summed E-state index contributed by atoms with van der Waals surface area (Å²) in [6, 6.07) is 13.1. The highest BCUT2D eigenvalue weighted by Gasteiger charge is 2.03. The highest BCUT2D eigenvalue weighted by Crippen LogP contribution is 2.23. The zero-order chi connectivity index (χ0) is 14.7. The molecule has 2 aromatic rings. The molecule has 20 heavy (non-hydrogen) atoms. The summed E-state index contributed by atoms with van der Waals surface area (Å²) in [6.45, 7) is 7.33. The van der Waals surface area contributed by atoms with Crippen LogP contribution in [0.4, 0.5) is 11.4 Å². The van der Waals surface area contributed by atoms with Crippen LogP contribution in [-0.4, -0.2) is 14.1 Å². The van der Waals surface area contributed by atoms with Crippen molar-refractivity contribution in [1.29, 1.82) is 0 Å². The summed E-state index contributed by atoms with van der Waals surface area (Å²) in [5.74, 6) is 0. The minimum atomic E-state index is 0.860. The summed E-state index contributed by atoms with van der Waals surface area (Å²) in [4.78, 5) is 2.12. The molecule has 0 saturated carbocycles. The van der Waals surface area contributed by atoms with Gasteiger partial charge in [0.05, 0.1) is 0 Å². The maximum Gasteiger partial charge on any atom is 0.0402 e. The number of nitrogens with zero attached hydrogens (tertiary/aromatic N) is 1. The van der Waals surface area contributed by atoms with E-state index in [4.69, 9.17) is 0 Å². The van der Waals surface area contributed by atoms with Gasteiger partial charge in [0, 0.05) is 32.0 Å². The number of hydrogen-bond donors (Lipinski definition) is 1. The van der Waals surface area contributed by atoms with Crippen LogP contribution < -0.4 is 10.2 Å². The van der Waals surface area contributed by atoms with E-state index >= 15 is 0 Å². The van der Waals surface area contributed by atoms with Gasteiger partial charge in [-0.3, -0.25) is 0 Å². The minimum absolute atomic E-state index is 0.860. The molecule has 2 nitrogen and oxygen atoms in total. The summed E-state index contributed by atoms with van der Waals surface area (Å²) in [6.07, 6.45) is 0. The van der Waals surface area contributed by atoms with Crippen molar-refractivity contribution in [3.05, 3.63) is 58.7 Å². The van der Waals surface area contributed by atoms with Crippen LogP contribution in [0.1, 0.15) is 22.3 Å². The average Bonchev–Trinajstić information content (AvgIpc) is 2.38. The first-order valence-electron chi connectivity index (χ1n) is 7.05. The molecular weight excluding hydrogens is 244 g/mol. The van der Waals surface area contributed by atoms with Crippen LogP contribution in [0, 0.1) is 20.8 Å². The van der Waals surface area contributed by atoms with Gasteiger partial charge in [-0.2, -0.15) is 0 Å². The molecule has 0 atom stereocenters. The van der Waals surface area contributed by atoms with E-state index in [1.54, 1.807) is 0 Å². The molecule has 0 heterocycles. The first-order valence-corrected chi connectivity index (χ1v) is 7.05. The summed E-state index contributed by atoms with van der Waals surface area (Å²) in [7, 11) is 4.12. The molecule has 1 N–H and O–H groups in total. The predicted molar refractivity (Wildman–Crippen MR) is 88.7 cm³/mol. The maximum atomic E-state index is 3.56. The Kier molecular flexibility index (Phi) is 4.33. The monoisotopic (exact) mass is 268 g/mol. The van der Waals surface area contributed by atoms with E-state index < -0.39 is 0 Å². The zero-order valence-corrected chi connectivity index (χ0v) is 13.1. The third kappa shape index (κ3) is 3.32. The van der Waals surface area contributed by atoms with Gasteiger partial charge in [-0.25, -0.2) is 0 Å². The van der Waals surface area contributed by atoms with Crippen molar-refractivity contribution in [3.8, 4) is 0 Å². The number of anilines is 2. The third-order valence-corrected chi connectivity index (χ3v) is 3.60. The smallest absolute Gasteiger partial charge is 0.0402 e. The lowest BCUT2D eigenvalue weighted by Gasteiger charge is -2.15. The van der Waals surface area contributed by atoms with Crippen molar-refractivity contribution >= 4 is 11.4 Å². The van der Waals surface area contributed by atoms with Gasteiger partial charge in [0.2, 0.25) is 0 Å². The maximum absolute atomic E-state index is 3.56. The molecule has 0 amide bonds. The molecular formula is C18H24N2. The van der Waals surface area contributed by atoms with Crippen LogP contribution in [0.5, 0.6) is 0 Å². The second-order valence-electron chi connectivity index (χ2n) is 5.69. The molecule has 0 aliphatic heterocycles. The largest absolute Gasteiger partial charge is 0.381 e. The van der Waals surface area contributed by atoms with Gasteiger partial charge >= 0.3 is 0 Å². The number of hydrogen-bond acceptors (Lipinski definition) is 2. The lowest BCUT2D eigenvalue weighted by Crippen LogP contribution is -2.08. The molecule has 0 spiro atoms. The second kappa shape index (κ2) is 6.00. The topological polar surface area (TPSA) is 15.3 Å². The van der Waals surface area contributed by atoms with Crippen LogP contribution in [0.25, 0.3) is 0 Å². The minimum Gasteiger partial charge on any atom is -0.381 e. The van der Waals surface area contributed by atoms with Gasteiger partial charge < -0.3 is 10.2 Å². The van der Waals surface area contributed by atoms with Gasteiger partial charge in [-0.1, -0.05) is 29.8 Å². The Hall–Kier alpha value is -1.96. The molecule has 0 saturated heterocycles. The fourth-order valence-electron chi connectivity index (χ4n) is 2.56. The fraction of sp³-hybridized carbons (Fsp3) is 0.333. The summed E-state index contributed by atoms with van der Waals surface area (Å²) in [5, 5.41) is 3.56. The first-order chi connectivity index (χ1) is 9.47. The van der Waals surface area contributed by atoms with Crippen LogP contribution in [-0.2, 0) is 6.54 Å². The van der Waals surface area contributed by atoms with Crippen LogP contribution in [0.3, 0.4) is 0 Å². The van der Waals surface area contributed by atoms with Crippen molar-refractivity contribution in [2.24, 2.45) is 0 Å². The van der Waals surface area contributed by atoms with Crippen LogP contribution in [0.2, 0.25) is 0 Å². The second-order valence-corrected chi connectivity index (χ2v) is 5.69. The highest BCUT2D eigenvalue weighted by atomic mass is 15.1. The fourth-order valence-corrected chi connectivity index (χ4v) is 2.56. The SMILES string of the molecule is Cc1cc(C)c(NCc2ccc(N(C)C)cc2)c(C)c1. The lowest BCUT2D eigenvalue weighted by molar-refractivity contribution is 1.10. The Labute approximate surface area is 122 Å². The normalized spacial score (nSPS) is 10.4. The van der Waals surface area contributed by atoms with E-state index in [1.807, 2.05) is 0 Å². The molecule has 106 valence electrons. The number of benzene rings is 2. The molecule has 2 aromatic carbocycles. The molecule has 2 rings (SSSR count). The predicted octanol–water partition coefficient (Wildman–Crippen LogP) is 4.29. The van der Waals surface area contributed by atoms with Crippen molar-refractivity contribution in [2.45, 2.75) is 27.3 Å². The van der Waals surface area contributed by atoms with Crippen molar-refractivity contribution < 1.29 is 0 Å². The Morgan fingerprint density at radius 3 is 1.95 bits per heavy atom. The van der Waals surface area contributed by atoms with Crippen LogP contribution >= 0.6 is 0 Å². The average molecular weight is 268 g/mol. The quantitative estimate of drug-likeness (QED) is 0.890. The molecule has 0 radical (unpaired) electrons. The van der Waals surface area contributed by atoms with Gasteiger partial charge in [-0.05, 0) is 49.6 Å². The number of aryl methyl sites for hydroxylation is 3. The summed E-state index contributed by atoms with van der Waals surface area (Å²) >= 11 is 0. The molecule has 0 fully saturated rings. The van der Waals surface area contributed by atoms with E-state index in [0.717, 1.165) is 6.54 Å². The third-order valence-electron chi connectivity index (χ3n) is 3.60. The zero-order valence-electron chi connectivity index (χ0n) is 13.1.